The molecular weight excluding hydrogens is 322 g/mol. The zero-order valence-corrected chi connectivity index (χ0v) is 15.4. The zero-order chi connectivity index (χ0) is 18.1. The molecule has 134 valence electrons. The van der Waals surface area contributed by atoms with Crippen LogP contribution in [0.2, 0.25) is 0 Å². The Hall–Kier alpha value is -2.59. The van der Waals surface area contributed by atoms with Crippen LogP contribution in [0.4, 0.5) is 11.5 Å². The van der Waals surface area contributed by atoms with Crippen LogP contribution in [0.25, 0.3) is 10.9 Å². The van der Waals surface area contributed by atoms with Crippen LogP contribution < -0.4 is 9.80 Å². The van der Waals surface area contributed by atoms with Crippen LogP contribution in [0, 0.1) is 13.8 Å². The molecule has 1 saturated heterocycles. The lowest BCUT2D eigenvalue weighted by atomic mass is 10.1. The Labute approximate surface area is 154 Å². The molecule has 3 aromatic rings. The van der Waals surface area contributed by atoms with Crippen molar-refractivity contribution in [3.8, 4) is 0 Å². The first kappa shape index (κ1) is 16.9. The number of anilines is 2. The summed E-state index contributed by atoms with van der Waals surface area (Å²) in [6, 6.07) is 16.7. The molecule has 4 rings (SSSR count). The summed E-state index contributed by atoms with van der Waals surface area (Å²) in [5.41, 5.74) is 5.92. The van der Waals surface area contributed by atoms with Gasteiger partial charge in [-0.25, -0.2) is 4.98 Å². The number of para-hydroxylation sites is 1. The van der Waals surface area contributed by atoms with E-state index in [4.69, 9.17) is 4.98 Å². The minimum atomic E-state index is 0.0182. The molecule has 0 radical (unpaired) electrons. The van der Waals surface area contributed by atoms with E-state index in [1.807, 2.05) is 24.3 Å². The molecule has 0 aliphatic carbocycles. The van der Waals surface area contributed by atoms with Crippen molar-refractivity contribution in [2.75, 3.05) is 36.0 Å². The monoisotopic (exact) mass is 347 g/mol. The predicted molar refractivity (Wildman–Crippen MR) is 108 cm³/mol. The number of aliphatic hydroxyl groups excluding tert-OH is 1. The second-order valence-corrected chi connectivity index (χ2v) is 7.02. The number of hydrogen-bond acceptors (Lipinski definition) is 4. The van der Waals surface area contributed by atoms with Gasteiger partial charge in [0.25, 0.3) is 0 Å². The first-order valence-corrected chi connectivity index (χ1v) is 9.23. The molecule has 0 saturated carbocycles. The molecule has 1 N–H and O–H groups in total. The van der Waals surface area contributed by atoms with Gasteiger partial charge in [-0.2, -0.15) is 0 Å². The van der Waals surface area contributed by atoms with E-state index in [-0.39, 0.29) is 6.61 Å². The van der Waals surface area contributed by atoms with E-state index in [2.05, 4.69) is 47.9 Å². The minimum absolute atomic E-state index is 0.0182. The average Bonchev–Trinajstić information content (AvgIpc) is 2.69. The van der Waals surface area contributed by atoms with Crippen LogP contribution >= 0.6 is 0 Å². The number of hydrogen-bond donors (Lipinski definition) is 1. The van der Waals surface area contributed by atoms with E-state index < -0.39 is 0 Å². The van der Waals surface area contributed by atoms with Crippen molar-refractivity contribution in [3.63, 3.8) is 0 Å². The number of nitrogens with zero attached hydrogens (tertiary/aromatic N) is 3. The number of aliphatic hydroxyl groups is 1. The fraction of sp³-hybridized carbons (Fsp3) is 0.318. The average molecular weight is 347 g/mol. The maximum atomic E-state index is 9.83. The number of pyridine rings is 1. The van der Waals surface area contributed by atoms with Gasteiger partial charge in [0.05, 0.1) is 12.1 Å². The molecule has 0 bridgehead atoms. The first-order valence-electron chi connectivity index (χ1n) is 9.23. The molecule has 4 heteroatoms. The molecule has 0 atom stereocenters. The highest BCUT2D eigenvalue weighted by atomic mass is 16.3. The number of rotatable bonds is 3. The van der Waals surface area contributed by atoms with Gasteiger partial charge in [0.2, 0.25) is 0 Å². The van der Waals surface area contributed by atoms with Gasteiger partial charge >= 0.3 is 0 Å². The minimum Gasteiger partial charge on any atom is -0.392 e. The van der Waals surface area contributed by atoms with Crippen molar-refractivity contribution in [1.82, 2.24) is 4.98 Å². The van der Waals surface area contributed by atoms with E-state index in [1.54, 1.807) is 0 Å². The molecule has 26 heavy (non-hydrogen) atoms. The molecular formula is C22H25N3O. The summed E-state index contributed by atoms with van der Waals surface area (Å²) in [7, 11) is 0. The van der Waals surface area contributed by atoms with Crippen molar-refractivity contribution < 1.29 is 5.11 Å². The second kappa shape index (κ2) is 6.96. The number of piperazine rings is 1. The van der Waals surface area contributed by atoms with Crippen LogP contribution in [0.5, 0.6) is 0 Å². The van der Waals surface area contributed by atoms with Crippen molar-refractivity contribution in [1.29, 1.82) is 0 Å². The third-order valence-corrected chi connectivity index (χ3v) is 5.45. The van der Waals surface area contributed by atoms with Crippen LogP contribution in [0.1, 0.15) is 16.7 Å². The van der Waals surface area contributed by atoms with E-state index in [0.29, 0.717) is 0 Å². The smallest absolute Gasteiger partial charge is 0.134 e. The van der Waals surface area contributed by atoms with Gasteiger partial charge in [0, 0.05) is 42.8 Å². The number of fused-ring (bicyclic) bond motifs is 1. The summed E-state index contributed by atoms with van der Waals surface area (Å²) < 4.78 is 0. The molecule has 0 unspecified atom stereocenters. The SMILES string of the molecule is Cc1cccc(N2CCN(c3nc4ccccc4cc3CO)CC2)c1C. The van der Waals surface area contributed by atoms with E-state index >= 15 is 0 Å². The molecule has 0 amide bonds. The van der Waals surface area contributed by atoms with Gasteiger partial charge in [-0.1, -0.05) is 30.3 Å². The second-order valence-electron chi connectivity index (χ2n) is 7.02. The summed E-state index contributed by atoms with van der Waals surface area (Å²) in [5.74, 6) is 0.923. The number of aromatic nitrogens is 1. The zero-order valence-electron chi connectivity index (χ0n) is 15.4. The van der Waals surface area contributed by atoms with E-state index in [1.165, 1.54) is 16.8 Å². The van der Waals surface area contributed by atoms with Crippen LogP contribution in [-0.4, -0.2) is 36.3 Å². The van der Waals surface area contributed by atoms with Crippen molar-refractivity contribution in [2.45, 2.75) is 20.5 Å². The topological polar surface area (TPSA) is 39.6 Å². The lowest BCUT2D eigenvalue weighted by molar-refractivity contribution is 0.281. The summed E-state index contributed by atoms with van der Waals surface area (Å²) in [5, 5.41) is 10.9. The molecule has 0 spiro atoms. The first-order chi connectivity index (χ1) is 12.7. The number of aryl methyl sites for hydroxylation is 1. The van der Waals surface area contributed by atoms with Gasteiger partial charge in [0.1, 0.15) is 5.82 Å². The molecule has 2 aromatic carbocycles. The summed E-state index contributed by atoms with van der Waals surface area (Å²) in [4.78, 5) is 9.61. The van der Waals surface area contributed by atoms with Crippen LogP contribution in [-0.2, 0) is 6.61 Å². The fourth-order valence-corrected chi connectivity index (χ4v) is 3.78. The van der Waals surface area contributed by atoms with Gasteiger partial charge in [-0.3, -0.25) is 0 Å². The molecule has 1 aliphatic heterocycles. The highest BCUT2D eigenvalue weighted by molar-refractivity contribution is 5.81. The lowest BCUT2D eigenvalue weighted by Crippen LogP contribution is -2.47. The Morgan fingerprint density at radius 2 is 1.65 bits per heavy atom. The fourth-order valence-electron chi connectivity index (χ4n) is 3.78. The molecule has 1 aromatic heterocycles. The van der Waals surface area contributed by atoms with Gasteiger partial charge in [-0.15, -0.1) is 0 Å². The Bertz CT molecular complexity index is 930. The Morgan fingerprint density at radius 3 is 2.42 bits per heavy atom. The summed E-state index contributed by atoms with van der Waals surface area (Å²) in [6.45, 7) is 8.13. The van der Waals surface area contributed by atoms with Gasteiger partial charge < -0.3 is 14.9 Å². The Morgan fingerprint density at radius 1 is 0.923 bits per heavy atom. The highest BCUT2D eigenvalue weighted by Gasteiger charge is 2.22. The standard InChI is InChI=1S/C22H25N3O/c1-16-6-5-9-21(17(16)2)24-10-12-25(13-11-24)22-19(15-26)14-18-7-3-4-8-20(18)23-22/h3-9,14,26H,10-13,15H2,1-2H3. The molecule has 4 nitrogen and oxygen atoms in total. The van der Waals surface area contributed by atoms with Crippen molar-refractivity contribution in [2.24, 2.45) is 0 Å². The number of benzene rings is 2. The van der Waals surface area contributed by atoms with Gasteiger partial charge in [0.15, 0.2) is 0 Å². The lowest BCUT2D eigenvalue weighted by Gasteiger charge is -2.38. The van der Waals surface area contributed by atoms with E-state index in [9.17, 15) is 5.11 Å². The van der Waals surface area contributed by atoms with Crippen LogP contribution in [0.15, 0.2) is 48.5 Å². The largest absolute Gasteiger partial charge is 0.392 e. The summed E-state index contributed by atoms with van der Waals surface area (Å²) >= 11 is 0. The third-order valence-electron chi connectivity index (χ3n) is 5.45. The van der Waals surface area contributed by atoms with Crippen molar-refractivity contribution in [3.05, 3.63) is 65.2 Å². The normalized spacial score (nSPS) is 14.9. The third kappa shape index (κ3) is 3.01. The highest BCUT2D eigenvalue weighted by Crippen LogP contribution is 2.28. The Kier molecular flexibility index (Phi) is 4.51. The molecule has 1 fully saturated rings. The molecule has 1 aliphatic rings. The predicted octanol–water partition coefficient (Wildman–Crippen LogP) is 3.67. The maximum absolute atomic E-state index is 9.83. The van der Waals surface area contributed by atoms with Crippen molar-refractivity contribution >= 4 is 22.4 Å². The van der Waals surface area contributed by atoms with E-state index in [0.717, 1.165) is 48.5 Å². The maximum Gasteiger partial charge on any atom is 0.134 e. The quantitative estimate of drug-likeness (QED) is 0.785. The summed E-state index contributed by atoms with van der Waals surface area (Å²) in [6.07, 6.45) is 0. The molecule has 2 heterocycles. The van der Waals surface area contributed by atoms with Gasteiger partial charge in [-0.05, 0) is 43.2 Å². The Balaban J connectivity index is 1.58. The van der Waals surface area contributed by atoms with Crippen LogP contribution in [0.3, 0.4) is 0 Å².